The van der Waals surface area contributed by atoms with Crippen LogP contribution >= 0.6 is 0 Å². The highest BCUT2D eigenvalue weighted by molar-refractivity contribution is 5.97. The summed E-state index contributed by atoms with van der Waals surface area (Å²) < 4.78 is 23.6. The first-order chi connectivity index (χ1) is 13.9. The monoisotopic (exact) mass is 399 g/mol. The molecule has 0 saturated heterocycles. The molecule has 0 aliphatic rings. The molecule has 0 radical (unpaired) electrons. The number of amides is 1. The first-order valence-corrected chi connectivity index (χ1v) is 8.13. The Balaban J connectivity index is 1.73. The van der Waals surface area contributed by atoms with Crippen LogP contribution in [0.25, 0.3) is 11.3 Å². The molecule has 0 saturated carbocycles. The van der Waals surface area contributed by atoms with Crippen molar-refractivity contribution in [3.05, 3.63) is 75.8 Å². The van der Waals surface area contributed by atoms with Crippen LogP contribution in [0.5, 0.6) is 11.5 Å². The fraction of sp³-hybridized carbons (Fsp3) is 0.0526. The Morgan fingerprint density at radius 2 is 2.07 bits per heavy atom. The molecule has 3 aromatic rings. The predicted molar refractivity (Wildman–Crippen MR) is 100 cm³/mol. The lowest BCUT2D eigenvalue weighted by molar-refractivity contribution is -0.384. The van der Waals surface area contributed by atoms with Crippen molar-refractivity contribution in [2.45, 2.75) is 0 Å². The van der Waals surface area contributed by atoms with Crippen molar-refractivity contribution < 1.29 is 28.4 Å². The maximum Gasteiger partial charge on any atom is 0.283 e. The number of nitro groups is 1. The molecule has 0 aliphatic heterocycles. The number of nitrogens with one attached hydrogen (secondary N) is 1. The van der Waals surface area contributed by atoms with Gasteiger partial charge >= 0.3 is 0 Å². The molecule has 0 spiro atoms. The summed E-state index contributed by atoms with van der Waals surface area (Å²) in [6.07, 6.45) is 1.18. The van der Waals surface area contributed by atoms with Crippen molar-refractivity contribution in [1.29, 1.82) is 0 Å². The molecular weight excluding hydrogens is 385 g/mol. The number of rotatable bonds is 6. The van der Waals surface area contributed by atoms with Gasteiger partial charge < -0.3 is 14.3 Å². The summed E-state index contributed by atoms with van der Waals surface area (Å²) in [5.74, 6) is -0.961. The molecule has 1 amide bonds. The Labute approximate surface area is 163 Å². The molecule has 1 heterocycles. The van der Waals surface area contributed by atoms with Crippen LogP contribution in [0.15, 0.2) is 58.0 Å². The number of carbonyl (C=O) groups is 1. The van der Waals surface area contributed by atoms with Crippen LogP contribution in [-0.2, 0) is 0 Å². The molecule has 9 nitrogen and oxygen atoms in total. The number of halogens is 1. The largest absolute Gasteiger partial charge is 0.507 e. The van der Waals surface area contributed by atoms with E-state index in [2.05, 4.69) is 10.5 Å². The quantitative estimate of drug-likeness (QED) is 0.371. The van der Waals surface area contributed by atoms with Crippen molar-refractivity contribution in [3.63, 3.8) is 0 Å². The lowest BCUT2D eigenvalue weighted by Crippen LogP contribution is -2.17. The first kappa shape index (κ1) is 19.5. The second-order valence-corrected chi connectivity index (χ2v) is 5.70. The van der Waals surface area contributed by atoms with Gasteiger partial charge in [0.15, 0.2) is 0 Å². The zero-order chi connectivity index (χ0) is 21.0. The van der Waals surface area contributed by atoms with E-state index in [1.807, 2.05) is 0 Å². The summed E-state index contributed by atoms with van der Waals surface area (Å²) >= 11 is 0. The maximum absolute atomic E-state index is 13.3. The lowest BCUT2D eigenvalue weighted by Gasteiger charge is -2.05. The molecule has 148 valence electrons. The topological polar surface area (TPSA) is 127 Å². The minimum absolute atomic E-state index is 0.00924. The third-order valence-corrected chi connectivity index (χ3v) is 3.86. The molecule has 0 unspecified atom stereocenters. The van der Waals surface area contributed by atoms with Crippen LogP contribution in [0.1, 0.15) is 16.1 Å². The van der Waals surface area contributed by atoms with Gasteiger partial charge in [-0.3, -0.25) is 14.9 Å². The molecule has 3 rings (SSSR count). The van der Waals surface area contributed by atoms with Crippen molar-refractivity contribution in [2.75, 3.05) is 7.11 Å². The van der Waals surface area contributed by atoms with E-state index in [4.69, 9.17) is 9.15 Å². The van der Waals surface area contributed by atoms with Crippen molar-refractivity contribution >= 4 is 17.8 Å². The minimum atomic E-state index is -0.738. The average molecular weight is 399 g/mol. The fourth-order valence-electron chi connectivity index (χ4n) is 2.48. The number of ether oxygens (including phenoxy) is 1. The van der Waals surface area contributed by atoms with Crippen molar-refractivity contribution in [1.82, 2.24) is 5.43 Å². The van der Waals surface area contributed by atoms with Crippen LogP contribution in [0.3, 0.4) is 0 Å². The van der Waals surface area contributed by atoms with Gasteiger partial charge in [0.1, 0.15) is 28.8 Å². The molecule has 2 aromatic carbocycles. The first-order valence-electron chi connectivity index (χ1n) is 8.13. The summed E-state index contributed by atoms with van der Waals surface area (Å²) in [6, 6.07) is 10.2. The standard InChI is InChI=1S/C19H14FN3O6/c1-28-12-3-6-15(17(24)9-12)19(25)22-21-10-13-4-7-18(29-13)14-5-2-11(20)8-16(14)23(26)27/h2-10,24H,1H3,(H,22,25)/b21-10-. The molecule has 1 aromatic heterocycles. The molecular formula is C19H14FN3O6. The minimum Gasteiger partial charge on any atom is -0.507 e. The van der Waals surface area contributed by atoms with Crippen LogP contribution in [0.2, 0.25) is 0 Å². The van der Waals surface area contributed by atoms with E-state index in [1.54, 1.807) is 0 Å². The van der Waals surface area contributed by atoms with Gasteiger partial charge in [-0.25, -0.2) is 9.82 Å². The van der Waals surface area contributed by atoms with Gasteiger partial charge in [0, 0.05) is 6.07 Å². The number of phenolic OH excluding ortho intramolecular Hbond substituents is 1. The number of methoxy groups -OCH3 is 1. The van der Waals surface area contributed by atoms with E-state index in [0.29, 0.717) is 5.75 Å². The molecule has 0 fully saturated rings. The molecule has 0 bridgehead atoms. The SMILES string of the molecule is COc1ccc(C(=O)N/N=C\c2ccc(-c3ccc(F)cc3[N+](=O)[O-])o2)c(O)c1. The van der Waals surface area contributed by atoms with E-state index in [-0.39, 0.29) is 28.4 Å². The lowest BCUT2D eigenvalue weighted by atomic mass is 10.1. The fourth-order valence-corrected chi connectivity index (χ4v) is 2.48. The maximum atomic E-state index is 13.3. The highest BCUT2D eigenvalue weighted by Gasteiger charge is 2.19. The van der Waals surface area contributed by atoms with Gasteiger partial charge in [0.05, 0.1) is 35.4 Å². The summed E-state index contributed by atoms with van der Waals surface area (Å²) in [5, 5.41) is 24.7. The van der Waals surface area contributed by atoms with Gasteiger partial charge in [-0.15, -0.1) is 0 Å². The van der Waals surface area contributed by atoms with E-state index in [9.17, 15) is 24.4 Å². The number of nitro benzene ring substituents is 1. The number of carbonyl (C=O) groups excluding carboxylic acids is 1. The van der Waals surface area contributed by atoms with Crippen LogP contribution in [0, 0.1) is 15.9 Å². The second kappa shape index (κ2) is 8.21. The Morgan fingerprint density at radius 3 is 2.76 bits per heavy atom. The number of hydrogen-bond acceptors (Lipinski definition) is 7. The highest BCUT2D eigenvalue weighted by atomic mass is 19.1. The summed E-state index contributed by atoms with van der Waals surface area (Å²) in [7, 11) is 1.43. The van der Waals surface area contributed by atoms with Crippen molar-refractivity contribution in [3.8, 4) is 22.8 Å². The number of aromatic hydroxyl groups is 1. The van der Waals surface area contributed by atoms with E-state index in [0.717, 1.165) is 12.1 Å². The smallest absolute Gasteiger partial charge is 0.283 e. The van der Waals surface area contributed by atoms with Crippen LogP contribution < -0.4 is 10.2 Å². The molecule has 2 N–H and O–H groups in total. The summed E-state index contributed by atoms with van der Waals surface area (Å²) in [6.45, 7) is 0. The zero-order valence-electron chi connectivity index (χ0n) is 15.0. The Kier molecular flexibility index (Phi) is 5.54. The van der Waals surface area contributed by atoms with E-state index >= 15 is 0 Å². The molecule has 29 heavy (non-hydrogen) atoms. The van der Waals surface area contributed by atoms with Gasteiger partial charge in [-0.2, -0.15) is 5.10 Å². The molecule has 0 aliphatic carbocycles. The third-order valence-electron chi connectivity index (χ3n) is 3.86. The second-order valence-electron chi connectivity index (χ2n) is 5.70. The van der Waals surface area contributed by atoms with Gasteiger partial charge in [-0.05, 0) is 36.4 Å². The number of benzene rings is 2. The number of hydrazone groups is 1. The van der Waals surface area contributed by atoms with Gasteiger partial charge in [0.2, 0.25) is 0 Å². The average Bonchev–Trinajstić information content (AvgIpc) is 3.16. The molecule has 10 heteroatoms. The number of nitrogens with zero attached hydrogens (tertiary/aromatic N) is 2. The summed E-state index contributed by atoms with van der Waals surface area (Å²) in [5.41, 5.74) is 1.88. The predicted octanol–water partition coefficient (Wildman–Crippen LogP) is 3.47. The summed E-state index contributed by atoms with van der Waals surface area (Å²) in [4.78, 5) is 22.5. The molecule has 0 atom stereocenters. The Hall–Kier alpha value is -4.21. The third kappa shape index (κ3) is 4.38. The zero-order valence-corrected chi connectivity index (χ0v) is 15.0. The number of furan rings is 1. The number of hydrogen-bond donors (Lipinski definition) is 2. The van der Waals surface area contributed by atoms with Crippen LogP contribution in [-0.4, -0.2) is 29.3 Å². The van der Waals surface area contributed by atoms with E-state index in [1.165, 1.54) is 49.7 Å². The Bertz CT molecular complexity index is 1110. The number of phenols is 1. The highest BCUT2D eigenvalue weighted by Crippen LogP contribution is 2.31. The van der Waals surface area contributed by atoms with Crippen LogP contribution in [0.4, 0.5) is 10.1 Å². The van der Waals surface area contributed by atoms with Crippen molar-refractivity contribution in [2.24, 2.45) is 5.10 Å². The van der Waals surface area contributed by atoms with Gasteiger partial charge in [0.25, 0.3) is 11.6 Å². The van der Waals surface area contributed by atoms with E-state index < -0.39 is 22.3 Å². The van der Waals surface area contributed by atoms with Gasteiger partial charge in [-0.1, -0.05) is 0 Å². The Morgan fingerprint density at radius 1 is 1.28 bits per heavy atom. The normalized spacial score (nSPS) is 10.8.